The molecule has 66 valence electrons. The molecule has 0 amide bonds. The van der Waals surface area contributed by atoms with E-state index in [2.05, 4.69) is 21.1 Å². The normalized spacial score (nSPS) is 11.0. The fourth-order valence-corrected chi connectivity index (χ4v) is 0.618. The first kappa shape index (κ1) is 10.3. The van der Waals surface area contributed by atoms with Crippen LogP contribution in [0.15, 0.2) is 10.3 Å². The Balaban J connectivity index is 2.79. The van der Waals surface area contributed by atoms with Crippen LogP contribution in [0.5, 0.6) is 0 Å². The van der Waals surface area contributed by atoms with Gasteiger partial charge in [0.15, 0.2) is 0 Å². The van der Waals surface area contributed by atoms with Gasteiger partial charge in [-0.25, -0.2) is 0 Å². The van der Waals surface area contributed by atoms with Crippen LogP contribution in [-0.2, 0) is 0 Å². The topological polar surface area (TPSA) is 101 Å². The van der Waals surface area contributed by atoms with Crippen LogP contribution < -0.4 is 22.4 Å². The molecule has 0 radical (unpaired) electrons. The molecule has 0 aromatic heterocycles. The molecule has 0 saturated heterocycles. The van der Waals surface area contributed by atoms with Crippen molar-refractivity contribution in [1.82, 2.24) is 10.7 Å². The smallest absolute Gasteiger partial charge is 0.0632 e. The zero-order valence-corrected chi connectivity index (χ0v) is 6.58. The van der Waals surface area contributed by atoms with Crippen LogP contribution in [0.4, 0.5) is 0 Å². The lowest BCUT2D eigenvalue weighted by Crippen LogP contribution is -2.32. The third-order valence-corrected chi connectivity index (χ3v) is 1.14. The number of nitrogens with two attached hydrogens (primary N) is 2. The van der Waals surface area contributed by atoms with Crippen molar-refractivity contribution in [2.45, 2.75) is 6.42 Å². The van der Waals surface area contributed by atoms with Gasteiger partial charge >= 0.3 is 0 Å². The predicted octanol–water partition coefficient (Wildman–Crippen LogP) is -1.24. The Bertz CT molecular complexity index is 93.0. The zero-order chi connectivity index (χ0) is 8.36. The van der Waals surface area contributed by atoms with Crippen molar-refractivity contribution in [2.75, 3.05) is 26.2 Å². The van der Waals surface area contributed by atoms with Crippen molar-refractivity contribution in [3.05, 3.63) is 0 Å². The summed E-state index contributed by atoms with van der Waals surface area (Å²) in [6, 6.07) is 0. The maximum atomic E-state index is 5.05. The minimum Gasteiger partial charge on any atom is -0.315 e. The molecule has 0 spiro atoms. The largest absolute Gasteiger partial charge is 0.315 e. The Kier molecular flexibility index (Phi) is 8.67. The van der Waals surface area contributed by atoms with Crippen LogP contribution in [0.3, 0.4) is 0 Å². The highest BCUT2D eigenvalue weighted by Crippen LogP contribution is 1.77. The first-order valence-corrected chi connectivity index (χ1v) is 3.62. The summed E-state index contributed by atoms with van der Waals surface area (Å²) in [5.74, 6) is 9.85. The van der Waals surface area contributed by atoms with Crippen molar-refractivity contribution in [3.8, 4) is 0 Å². The van der Waals surface area contributed by atoms with Crippen LogP contribution in [0.2, 0.25) is 0 Å². The summed E-state index contributed by atoms with van der Waals surface area (Å²) >= 11 is 0. The van der Waals surface area contributed by atoms with Gasteiger partial charge in [-0.3, -0.25) is 11.3 Å². The molecule has 0 fully saturated rings. The molecule has 0 aliphatic carbocycles. The van der Waals surface area contributed by atoms with Gasteiger partial charge in [0.25, 0.3) is 0 Å². The third kappa shape index (κ3) is 9.28. The second-order valence-corrected chi connectivity index (χ2v) is 2.04. The number of nitrogens with one attached hydrogen (secondary N) is 2. The molecule has 0 bridgehead atoms. The van der Waals surface area contributed by atoms with Crippen molar-refractivity contribution in [1.29, 1.82) is 0 Å². The van der Waals surface area contributed by atoms with E-state index in [4.69, 9.17) is 11.7 Å². The fourth-order valence-electron chi connectivity index (χ4n) is 0.618. The van der Waals surface area contributed by atoms with Gasteiger partial charge in [0.05, 0.1) is 6.54 Å². The Hall–Kier alpha value is -0.720. The Morgan fingerprint density at radius 2 is 2.00 bits per heavy atom. The van der Waals surface area contributed by atoms with Gasteiger partial charge in [-0.05, 0) is 13.0 Å². The quantitative estimate of drug-likeness (QED) is 0.162. The number of hydrogen-bond acceptors (Lipinski definition) is 5. The first-order valence-electron chi connectivity index (χ1n) is 3.62. The fraction of sp³-hybridized carbons (Fsp3) is 1.00. The summed E-state index contributed by atoms with van der Waals surface area (Å²) in [5.41, 5.74) is 2.55. The van der Waals surface area contributed by atoms with Crippen LogP contribution >= 0.6 is 0 Å². The van der Waals surface area contributed by atoms with Gasteiger partial charge in [-0.15, -0.1) is 0 Å². The van der Waals surface area contributed by atoms with E-state index in [-0.39, 0.29) is 0 Å². The molecule has 0 aliphatic rings. The zero-order valence-electron chi connectivity index (χ0n) is 6.58. The second-order valence-electron chi connectivity index (χ2n) is 2.04. The van der Waals surface area contributed by atoms with Gasteiger partial charge in [0, 0.05) is 13.1 Å². The van der Waals surface area contributed by atoms with Gasteiger partial charge in [0.2, 0.25) is 0 Å². The first-order chi connectivity index (χ1) is 5.41. The summed E-state index contributed by atoms with van der Waals surface area (Å²) < 4.78 is 0. The lowest BCUT2D eigenvalue weighted by atomic mass is 10.4. The lowest BCUT2D eigenvalue weighted by Gasteiger charge is -2.00. The molecule has 0 saturated carbocycles. The Morgan fingerprint density at radius 1 is 1.18 bits per heavy atom. The molecule has 0 unspecified atom stereocenters. The van der Waals surface area contributed by atoms with E-state index in [1.807, 2.05) is 0 Å². The molecule has 0 aromatic rings. The Morgan fingerprint density at radius 3 is 2.64 bits per heavy atom. The van der Waals surface area contributed by atoms with E-state index in [1.54, 1.807) is 0 Å². The highest BCUT2D eigenvalue weighted by atomic mass is 15.3. The molecule has 6 heteroatoms. The van der Waals surface area contributed by atoms with Gasteiger partial charge in [-0.1, -0.05) is 5.22 Å². The maximum Gasteiger partial charge on any atom is 0.0632 e. The molecule has 11 heavy (non-hydrogen) atoms. The van der Waals surface area contributed by atoms with Crippen molar-refractivity contribution in [2.24, 2.45) is 22.0 Å². The molecule has 0 aliphatic heterocycles. The number of hydrogen-bond donors (Lipinski definition) is 4. The van der Waals surface area contributed by atoms with Crippen LogP contribution in [0.25, 0.3) is 0 Å². The molecular weight excluding hydrogens is 144 g/mol. The molecular formula is C5H16N6. The summed E-state index contributed by atoms with van der Waals surface area (Å²) in [6.45, 7) is 3.24. The minimum atomic E-state index is 0.680. The van der Waals surface area contributed by atoms with E-state index >= 15 is 0 Å². The van der Waals surface area contributed by atoms with E-state index in [0.29, 0.717) is 6.54 Å². The average Bonchev–Trinajstić information content (AvgIpc) is 2.03. The highest BCUT2D eigenvalue weighted by molar-refractivity contribution is 4.49. The van der Waals surface area contributed by atoms with Gasteiger partial charge < -0.3 is 11.2 Å². The summed E-state index contributed by atoms with van der Waals surface area (Å²) in [5, 5.41) is 9.91. The van der Waals surface area contributed by atoms with Crippen molar-refractivity contribution < 1.29 is 0 Å². The average molecular weight is 160 g/mol. The lowest BCUT2D eigenvalue weighted by molar-refractivity contribution is 0.608. The molecule has 6 nitrogen and oxygen atoms in total. The molecule has 0 heterocycles. The molecule has 0 rings (SSSR count). The van der Waals surface area contributed by atoms with Gasteiger partial charge in [0.1, 0.15) is 0 Å². The predicted molar refractivity (Wildman–Crippen MR) is 43.6 cm³/mol. The van der Waals surface area contributed by atoms with E-state index in [9.17, 15) is 0 Å². The molecule has 6 N–H and O–H groups in total. The number of hydrazine groups is 1. The Labute approximate surface area is 66.4 Å². The monoisotopic (exact) mass is 160 g/mol. The van der Waals surface area contributed by atoms with Crippen LogP contribution in [0, 0.1) is 0 Å². The van der Waals surface area contributed by atoms with Gasteiger partial charge in [-0.2, -0.15) is 5.11 Å². The van der Waals surface area contributed by atoms with Crippen LogP contribution in [0.1, 0.15) is 6.42 Å². The molecule has 0 atom stereocenters. The maximum absolute atomic E-state index is 5.05. The number of nitrogens with zero attached hydrogens (tertiary/aromatic N) is 2. The standard InChI is InChI=1S/C5H16N6/c6-9-5-4-8-2-1-3-10-11-7/h8-9H,1-6H2,(H2,7,10). The summed E-state index contributed by atoms with van der Waals surface area (Å²) in [7, 11) is 0. The third-order valence-electron chi connectivity index (χ3n) is 1.14. The summed E-state index contributed by atoms with van der Waals surface area (Å²) in [6.07, 6.45) is 0.950. The van der Waals surface area contributed by atoms with E-state index in [1.165, 1.54) is 0 Å². The van der Waals surface area contributed by atoms with E-state index < -0.39 is 0 Å². The number of rotatable bonds is 7. The highest BCUT2D eigenvalue weighted by Gasteiger charge is 1.85. The van der Waals surface area contributed by atoms with Crippen molar-refractivity contribution in [3.63, 3.8) is 0 Å². The second kappa shape index (κ2) is 9.28. The summed E-state index contributed by atoms with van der Waals surface area (Å²) in [4.78, 5) is 0. The SMILES string of the molecule is NN=NCCCNCCNN. The van der Waals surface area contributed by atoms with E-state index in [0.717, 1.165) is 26.1 Å². The van der Waals surface area contributed by atoms with Crippen molar-refractivity contribution >= 4 is 0 Å². The minimum absolute atomic E-state index is 0.680. The van der Waals surface area contributed by atoms with Crippen LogP contribution in [-0.4, -0.2) is 26.2 Å². The molecule has 0 aromatic carbocycles.